The number of hydrogen-bond acceptors (Lipinski definition) is 2. The summed E-state index contributed by atoms with van der Waals surface area (Å²) in [5.41, 5.74) is 1.16. The quantitative estimate of drug-likeness (QED) is 0.648. The molecular formula is C14H18Br2O2. The number of carbonyl (C=O) groups excluding carboxylic acids is 1. The zero-order chi connectivity index (χ0) is 13.5. The van der Waals surface area contributed by atoms with Gasteiger partial charge < -0.3 is 4.74 Å². The van der Waals surface area contributed by atoms with Crippen molar-refractivity contribution in [3.63, 3.8) is 0 Å². The fourth-order valence-corrected chi connectivity index (χ4v) is 3.15. The molecule has 0 radical (unpaired) electrons. The third-order valence-electron chi connectivity index (χ3n) is 2.78. The first-order valence-electron chi connectivity index (χ1n) is 6.19. The first kappa shape index (κ1) is 15.7. The van der Waals surface area contributed by atoms with Crippen molar-refractivity contribution in [2.75, 3.05) is 6.61 Å². The topological polar surface area (TPSA) is 26.3 Å². The molecule has 0 amide bonds. The van der Waals surface area contributed by atoms with Crippen molar-refractivity contribution in [2.45, 2.75) is 39.0 Å². The van der Waals surface area contributed by atoms with Gasteiger partial charge in [-0.05, 0) is 36.5 Å². The van der Waals surface area contributed by atoms with Crippen molar-refractivity contribution in [3.05, 3.63) is 32.7 Å². The van der Waals surface area contributed by atoms with Crippen LogP contribution in [0.5, 0.6) is 0 Å². The normalized spacial score (nSPS) is 12.2. The smallest absolute Gasteiger partial charge is 0.306 e. The molecule has 1 rings (SSSR count). The lowest BCUT2D eigenvalue weighted by Crippen LogP contribution is -2.11. The minimum Gasteiger partial charge on any atom is -0.466 e. The predicted molar refractivity (Wildman–Crippen MR) is 80.7 cm³/mol. The zero-order valence-electron chi connectivity index (χ0n) is 10.7. The van der Waals surface area contributed by atoms with E-state index in [1.54, 1.807) is 0 Å². The third kappa shape index (κ3) is 4.73. The molecule has 0 aromatic heterocycles. The summed E-state index contributed by atoms with van der Waals surface area (Å²) in [6.45, 7) is 4.60. The summed E-state index contributed by atoms with van der Waals surface area (Å²) in [5.74, 6) is 0.0929. The van der Waals surface area contributed by atoms with Gasteiger partial charge in [0.05, 0.1) is 13.0 Å². The van der Waals surface area contributed by atoms with Crippen LogP contribution in [0.2, 0.25) is 0 Å². The molecule has 1 unspecified atom stereocenters. The SMILES string of the molecule is CCCOC(=O)CC(CC)c1ccc(Br)cc1Br. The molecule has 0 spiro atoms. The Morgan fingerprint density at radius 3 is 2.61 bits per heavy atom. The molecule has 2 nitrogen and oxygen atoms in total. The lowest BCUT2D eigenvalue weighted by atomic mass is 9.93. The molecule has 0 saturated heterocycles. The summed E-state index contributed by atoms with van der Waals surface area (Å²) in [5, 5.41) is 0. The number of ether oxygens (including phenoxy) is 1. The van der Waals surface area contributed by atoms with Gasteiger partial charge >= 0.3 is 5.97 Å². The Bertz CT molecular complexity index is 405. The Kier molecular flexibility index (Phi) is 6.94. The van der Waals surface area contributed by atoms with Crippen LogP contribution in [0.15, 0.2) is 27.1 Å². The molecule has 1 aromatic carbocycles. The molecule has 100 valence electrons. The Morgan fingerprint density at radius 1 is 1.33 bits per heavy atom. The average Bonchev–Trinajstić information content (AvgIpc) is 2.34. The molecule has 0 saturated carbocycles. The van der Waals surface area contributed by atoms with E-state index in [2.05, 4.69) is 44.8 Å². The van der Waals surface area contributed by atoms with Gasteiger partial charge in [0.2, 0.25) is 0 Å². The maximum atomic E-state index is 11.7. The number of carbonyl (C=O) groups is 1. The van der Waals surface area contributed by atoms with Gasteiger partial charge in [-0.1, -0.05) is 51.8 Å². The predicted octanol–water partition coefficient (Wildman–Crippen LogP) is 5.05. The highest BCUT2D eigenvalue weighted by molar-refractivity contribution is 9.11. The van der Waals surface area contributed by atoms with Crippen molar-refractivity contribution in [2.24, 2.45) is 0 Å². The molecule has 1 aromatic rings. The summed E-state index contributed by atoms with van der Waals surface area (Å²) in [4.78, 5) is 11.7. The number of esters is 1. The van der Waals surface area contributed by atoms with Crippen LogP contribution < -0.4 is 0 Å². The number of hydrogen-bond donors (Lipinski definition) is 0. The Labute approximate surface area is 125 Å². The number of benzene rings is 1. The molecular weight excluding hydrogens is 360 g/mol. The van der Waals surface area contributed by atoms with Gasteiger partial charge in [0.15, 0.2) is 0 Å². The highest BCUT2D eigenvalue weighted by Crippen LogP contribution is 2.32. The van der Waals surface area contributed by atoms with E-state index in [-0.39, 0.29) is 11.9 Å². The van der Waals surface area contributed by atoms with E-state index in [9.17, 15) is 4.79 Å². The van der Waals surface area contributed by atoms with Crippen LogP contribution in [-0.4, -0.2) is 12.6 Å². The standard InChI is InChI=1S/C14H18Br2O2/c1-3-7-18-14(17)8-10(4-2)12-6-5-11(15)9-13(12)16/h5-6,9-10H,3-4,7-8H2,1-2H3. The van der Waals surface area contributed by atoms with Crippen molar-refractivity contribution in [1.82, 2.24) is 0 Å². The van der Waals surface area contributed by atoms with Crippen LogP contribution in [0.1, 0.15) is 44.6 Å². The molecule has 0 aliphatic heterocycles. The van der Waals surface area contributed by atoms with Crippen molar-refractivity contribution >= 4 is 37.8 Å². The van der Waals surface area contributed by atoms with Gasteiger partial charge in [0.25, 0.3) is 0 Å². The summed E-state index contributed by atoms with van der Waals surface area (Å²) in [6.07, 6.45) is 2.22. The lowest BCUT2D eigenvalue weighted by molar-refractivity contribution is -0.144. The highest BCUT2D eigenvalue weighted by Gasteiger charge is 2.17. The minimum absolute atomic E-state index is 0.112. The third-order valence-corrected chi connectivity index (χ3v) is 3.96. The summed E-state index contributed by atoms with van der Waals surface area (Å²) < 4.78 is 7.21. The minimum atomic E-state index is -0.112. The van der Waals surface area contributed by atoms with Crippen molar-refractivity contribution in [1.29, 1.82) is 0 Å². The Morgan fingerprint density at radius 2 is 2.06 bits per heavy atom. The molecule has 4 heteroatoms. The van der Waals surface area contributed by atoms with Crippen LogP contribution >= 0.6 is 31.9 Å². The molecule has 18 heavy (non-hydrogen) atoms. The monoisotopic (exact) mass is 376 g/mol. The van der Waals surface area contributed by atoms with Crippen molar-refractivity contribution < 1.29 is 9.53 Å². The fraction of sp³-hybridized carbons (Fsp3) is 0.500. The van der Waals surface area contributed by atoms with Crippen molar-refractivity contribution in [3.8, 4) is 0 Å². The highest BCUT2D eigenvalue weighted by atomic mass is 79.9. The summed E-state index contributed by atoms with van der Waals surface area (Å²) in [7, 11) is 0. The van der Waals surface area contributed by atoms with Gasteiger partial charge in [0.1, 0.15) is 0 Å². The van der Waals surface area contributed by atoms with Crippen LogP contribution in [0, 0.1) is 0 Å². The largest absolute Gasteiger partial charge is 0.466 e. The first-order chi connectivity index (χ1) is 8.58. The fourth-order valence-electron chi connectivity index (χ4n) is 1.78. The molecule has 0 N–H and O–H groups in total. The van der Waals surface area contributed by atoms with Gasteiger partial charge in [-0.2, -0.15) is 0 Å². The second kappa shape index (κ2) is 7.95. The summed E-state index contributed by atoms with van der Waals surface area (Å²) >= 11 is 6.98. The molecule has 0 fully saturated rings. The molecule has 0 aliphatic rings. The Hall–Kier alpha value is -0.350. The zero-order valence-corrected chi connectivity index (χ0v) is 13.9. The van der Waals surface area contributed by atoms with Gasteiger partial charge in [-0.15, -0.1) is 0 Å². The molecule has 0 heterocycles. The van der Waals surface area contributed by atoms with E-state index in [0.717, 1.165) is 27.4 Å². The van der Waals surface area contributed by atoms with Gasteiger partial charge in [-0.3, -0.25) is 4.79 Å². The molecule has 0 bridgehead atoms. The molecule has 0 aliphatic carbocycles. The second-order valence-electron chi connectivity index (χ2n) is 4.20. The maximum absolute atomic E-state index is 11.7. The van der Waals surface area contributed by atoms with Gasteiger partial charge in [0, 0.05) is 8.95 Å². The average molecular weight is 378 g/mol. The van der Waals surface area contributed by atoms with E-state index in [1.807, 2.05) is 19.1 Å². The van der Waals surface area contributed by atoms with Crippen LogP contribution in [0.25, 0.3) is 0 Å². The van der Waals surface area contributed by atoms with E-state index in [4.69, 9.17) is 4.74 Å². The van der Waals surface area contributed by atoms with E-state index >= 15 is 0 Å². The van der Waals surface area contributed by atoms with E-state index < -0.39 is 0 Å². The van der Waals surface area contributed by atoms with Crippen LogP contribution in [0.4, 0.5) is 0 Å². The molecule has 1 atom stereocenters. The Balaban J connectivity index is 2.73. The lowest BCUT2D eigenvalue weighted by Gasteiger charge is -2.16. The van der Waals surface area contributed by atoms with E-state index in [1.165, 1.54) is 0 Å². The number of halogens is 2. The number of rotatable bonds is 6. The second-order valence-corrected chi connectivity index (χ2v) is 5.97. The maximum Gasteiger partial charge on any atom is 0.306 e. The van der Waals surface area contributed by atoms with E-state index in [0.29, 0.717) is 13.0 Å². The summed E-state index contributed by atoms with van der Waals surface area (Å²) in [6, 6.07) is 6.06. The van der Waals surface area contributed by atoms with Gasteiger partial charge in [-0.25, -0.2) is 0 Å². The first-order valence-corrected chi connectivity index (χ1v) is 7.77. The van der Waals surface area contributed by atoms with Crippen LogP contribution in [-0.2, 0) is 9.53 Å². The van der Waals surface area contributed by atoms with Crippen LogP contribution in [0.3, 0.4) is 0 Å².